The van der Waals surface area contributed by atoms with Crippen molar-refractivity contribution in [2.75, 3.05) is 29.1 Å². The van der Waals surface area contributed by atoms with Crippen molar-refractivity contribution in [3.8, 4) is 0 Å². The molecule has 1 fully saturated rings. The second-order valence-corrected chi connectivity index (χ2v) is 6.18. The summed E-state index contributed by atoms with van der Waals surface area (Å²) in [5.41, 5.74) is 1.96. The van der Waals surface area contributed by atoms with Gasteiger partial charge < -0.3 is 10.2 Å². The van der Waals surface area contributed by atoms with E-state index in [1.54, 1.807) is 11.8 Å². The van der Waals surface area contributed by atoms with Crippen LogP contribution in [0.2, 0.25) is 5.02 Å². The molecule has 96 valence electrons. The minimum Gasteiger partial charge on any atom is -0.370 e. The lowest BCUT2D eigenvalue weighted by molar-refractivity contribution is -0.115. The van der Waals surface area contributed by atoms with Crippen LogP contribution in [0.5, 0.6) is 0 Å². The van der Waals surface area contributed by atoms with Crippen molar-refractivity contribution < 1.29 is 4.79 Å². The molecule has 0 unspecified atom stereocenters. The minimum absolute atomic E-state index is 0.0752. The third kappa shape index (κ3) is 2.31. The standard InChI is InChI=1S/C13H15ClN2OS/c14-9-7-10-12(18-6-3-13(17)15-10)8-11(9)16-4-1-2-5-16/h7-8H,1-6H2,(H,15,17). The van der Waals surface area contributed by atoms with Gasteiger partial charge in [0.25, 0.3) is 0 Å². The SMILES string of the molecule is O=C1CCSc2cc(N3CCCC3)c(Cl)cc2N1. The molecule has 0 saturated carbocycles. The molecule has 0 atom stereocenters. The molecule has 0 aromatic heterocycles. The molecule has 5 heteroatoms. The molecule has 1 saturated heterocycles. The number of anilines is 2. The van der Waals surface area contributed by atoms with Gasteiger partial charge in [-0.25, -0.2) is 0 Å². The first kappa shape index (κ1) is 12.2. The van der Waals surface area contributed by atoms with Crippen LogP contribution >= 0.6 is 23.4 Å². The normalized spacial score (nSPS) is 19.4. The van der Waals surface area contributed by atoms with E-state index in [0.717, 1.165) is 40.1 Å². The molecule has 0 aliphatic carbocycles. The van der Waals surface area contributed by atoms with Crippen molar-refractivity contribution >= 4 is 40.6 Å². The fraction of sp³-hybridized carbons (Fsp3) is 0.462. The summed E-state index contributed by atoms with van der Waals surface area (Å²) in [6.45, 7) is 2.16. The van der Waals surface area contributed by atoms with Crippen LogP contribution in [-0.2, 0) is 4.79 Å². The molecule has 0 spiro atoms. The van der Waals surface area contributed by atoms with E-state index >= 15 is 0 Å². The van der Waals surface area contributed by atoms with Gasteiger partial charge in [-0.05, 0) is 25.0 Å². The highest BCUT2D eigenvalue weighted by Crippen LogP contribution is 2.39. The number of carbonyl (C=O) groups excluding carboxylic acids is 1. The van der Waals surface area contributed by atoms with Crippen LogP contribution in [0.25, 0.3) is 0 Å². The van der Waals surface area contributed by atoms with Crippen molar-refractivity contribution in [1.82, 2.24) is 0 Å². The summed E-state index contributed by atoms with van der Waals surface area (Å²) >= 11 is 8.07. The highest BCUT2D eigenvalue weighted by atomic mass is 35.5. The highest BCUT2D eigenvalue weighted by molar-refractivity contribution is 7.99. The van der Waals surface area contributed by atoms with E-state index in [1.165, 1.54) is 12.8 Å². The van der Waals surface area contributed by atoms with E-state index in [0.29, 0.717) is 6.42 Å². The number of benzene rings is 1. The van der Waals surface area contributed by atoms with Crippen molar-refractivity contribution in [2.45, 2.75) is 24.2 Å². The molecule has 18 heavy (non-hydrogen) atoms. The minimum atomic E-state index is 0.0752. The van der Waals surface area contributed by atoms with Crippen molar-refractivity contribution in [1.29, 1.82) is 0 Å². The lowest BCUT2D eigenvalue weighted by atomic mass is 10.2. The van der Waals surface area contributed by atoms with Crippen LogP contribution in [0.3, 0.4) is 0 Å². The van der Waals surface area contributed by atoms with E-state index in [-0.39, 0.29) is 5.91 Å². The van der Waals surface area contributed by atoms with Gasteiger partial charge in [0, 0.05) is 30.2 Å². The monoisotopic (exact) mass is 282 g/mol. The molecule has 3 rings (SSSR count). The summed E-state index contributed by atoms with van der Waals surface area (Å²) in [5.74, 6) is 0.908. The average Bonchev–Trinajstić information content (AvgIpc) is 2.79. The Labute approximate surface area is 116 Å². The number of thioether (sulfide) groups is 1. The van der Waals surface area contributed by atoms with Gasteiger partial charge in [0.1, 0.15) is 0 Å². The number of amides is 1. The molecule has 0 radical (unpaired) electrons. The van der Waals surface area contributed by atoms with E-state index in [9.17, 15) is 4.79 Å². The number of hydrogen-bond acceptors (Lipinski definition) is 3. The first-order valence-electron chi connectivity index (χ1n) is 6.25. The third-order valence-electron chi connectivity index (χ3n) is 3.36. The number of rotatable bonds is 1. The zero-order valence-corrected chi connectivity index (χ0v) is 11.6. The molecule has 1 aromatic rings. The lowest BCUT2D eigenvalue weighted by Crippen LogP contribution is -2.18. The van der Waals surface area contributed by atoms with E-state index in [1.807, 2.05) is 6.07 Å². The van der Waals surface area contributed by atoms with Crippen molar-refractivity contribution in [3.63, 3.8) is 0 Å². The van der Waals surface area contributed by atoms with Crippen molar-refractivity contribution in [3.05, 3.63) is 17.2 Å². The van der Waals surface area contributed by atoms with Gasteiger partial charge in [0.2, 0.25) is 5.91 Å². The molecule has 1 amide bonds. The lowest BCUT2D eigenvalue weighted by Gasteiger charge is -2.21. The predicted molar refractivity (Wildman–Crippen MR) is 76.9 cm³/mol. The average molecular weight is 283 g/mol. The van der Waals surface area contributed by atoms with Gasteiger partial charge in [0.05, 0.1) is 16.4 Å². The van der Waals surface area contributed by atoms with E-state index < -0.39 is 0 Å². The molecule has 1 aromatic carbocycles. The summed E-state index contributed by atoms with van der Waals surface area (Å²) in [4.78, 5) is 15.0. The van der Waals surface area contributed by atoms with Crippen LogP contribution in [-0.4, -0.2) is 24.7 Å². The molecular formula is C13H15ClN2OS. The summed E-state index contributed by atoms with van der Waals surface area (Å²) in [6, 6.07) is 4.01. The molecule has 2 heterocycles. The molecule has 1 N–H and O–H groups in total. The van der Waals surface area contributed by atoms with Crippen LogP contribution in [0.4, 0.5) is 11.4 Å². The Balaban J connectivity index is 1.98. The quantitative estimate of drug-likeness (QED) is 0.857. The number of nitrogens with one attached hydrogen (secondary N) is 1. The Morgan fingerprint density at radius 1 is 1.28 bits per heavy atom. The van der Waals surface area contributed by atoms with Gasteiger partial charge in [-0.15, -0.1) is 11.8 Å². The Bertz CT molecular complexity index is 486. The molecule has 0 bridgehead atoms. The molecule has 2 aliphatic rings. The summed E-state index contributed by atoms with van der Waals surface area (Å²) < 4.78 is 0. The highest BCUT2D eigenvalue weighted by Gasteiger charge is 2.20. The first-order chi connectivity index (χ1) is 8.74. The molecule has 3 nitrogen and oxygen atoms in total. The predicted octanol–water partition coefficient (Wildman–Crippen LogP) is 3.37. The Kier molecular flexibility index (Phi) is 3.39. The van der Waals surface area contributed by atoms with Crippen molar-refractivity contribution in [2.24, 2.45) is 0 Å². The van der Waals surface area contributed by atoms with Crippen LogP contribution in [0, 0.1) is 0 Å². The largest absolute Gasteiger partial charge is 0.370 e. The number of hydrogen-bond donors (Lipinski definition) is 1. The smallest absolute Gasteiger partial charge is 0.225 e. The van der Waals surface area contributed by atoms with Crippen LogP contribution in [0.1, 0.15) is 19.3 Å². The van der Waals surface area contributed by atoms with Gasteiger partial charge >= 0.3 is 0 Å². The fourth-order valence-electron chi connectivity index (χ4n) is 2.43. The van der Waals surface area contributed by atoms with Gasteiger partial charge in [0.15, 0.2) is 0 Å². The van der Waals surface area contributed by atoms with Gasteiger partial charge in [-0.1, -0.05) is 11.6 Å². The second-order valence-electron chi connectivity index (χ2n) is 4.64. The molecular weight excluding hydrogens is 268 g/mol. The zero-order valence-electron chi connectivity index (χ0n) is 10.0. The Morgan fingerprint density at radius 3 is 2.83 bits per heavy atom. The summed E-state index contributed by atoms with van der Waals surface area (Å²) in [7, 11) is 0. The maximum Gasteiger partial charge on any atom is 0.225 e. The Morgan fingerprint density at radius 2 is 2.06 bits per heavy atom. The number of nitrogens with zero attached hydrogens (tertiary/aromatic N) is 1. The van der Waals surface area contributed by atoms with Gasteiger partial charge in [-0.3, -0.25) is 4.79 Å². The number of carbonyl (C=O) groups is 1. The summed E-state index contributed by atoms with van der Waals surface area (Å²) in [6.07, 6.45) is 3.03. The molecule has 2 aliphatic heterocycles. The Hall–Kier alpha value is -0.870. The second kappa shape index (κ2) is 5.02. The fourth-order valence-corrected chi connectivity index (χ4v) is 3.68. The number of fused-ring (bicyclic) bond motifs is 1. The third-order valence-corrected chi connectivity index (χ3v) is 4.72. The van der Waals surface area contributed by atoms with E-state index in [4.69, 9.17) is 11.6 Å². The maximum atomic E-state index is 11.5. The number of halogens is 1. The zero-order chi connectivity index (χ0) is 12.5. The van der Waals surface area contributed by atoms with Crippen LogP contribution in [0.15, 0.2) is 17.0 Å². The van der Waals surface area contributed by atoms with Gasteiger partial charge in [-0.2, -0.15) is 0 Å². The van der Waals surface area contributed by atoms with E-state index in [2.05, 4.69) is 16.3 Å². The topological polar surface area (TPSA) is 32.3 Å². The first-order valence-corrected chi connectivity index (χ1v) is 7.61. The maximum absolute atomic E-state index is 11.5. The summed E-state index contributed by atoms with van der Waals surface area (Å²) in [5, 5.41) is 3.65. The van der Waals surface area contributed by atoms with Crippen LogP contribution < -0.4 is 10.2 Å².